The van der Waals surface area contributed by atoms with Crippen LogP contribution in [0.4, 0.5) is 0 Å². The topological polar surface area (TPSA) is 63.4 Å². The number of thiophene rings is 1. The predicted molar refractivity (Wildman–Crippen MR) is 84.4 cm³/mol. The summed E-state index contributed by atoms with van der Waals surface area (Å²) in [5, 5.41) is 0. The standard InChI is InChI=1S/C12H22N2O2S3/c1-5-10(8-17-4)14(3)19(15,16)12-6-11(7-13)18-9(12)2/h6,10H,5,7-8,13H2,1-4H3. The number of thioether (sulfide) groups is 1. The Morgan fingerprint density at radius 1 is 1.53 bits per heavy atom. The molecule has 0 radical (unpaired) electrons. The van der Waals surface area contributed by atoms with Crippen LogP contribution in [0.5, 0.6) is 0 Å². The average Bonchev–Trinajstić information content (AvgIpc) is 2.77. The van der Waals surface area contributed by atoms with Crippen LogP contribution in [0.3, 0.4) is 0 Å². The van der Waals surface area contributed by atoms with Crippen molar-refractivity contribution in [1.82, 2.24) is 4.31 Å². The molecular formula is C12H22N2O2S3. The Morgan fingerprint density at radius 3 is 2.58 bits per heavy atom. The van der Waals surface area contributed by atoms with Crippen molar-refractivity contribution in [3.63, 3.8) is 0 Å². The number of nitrogens with two attached hydrogens (primary N) is 1. The third-order valence-corrected chi connectivity index (χ3v) is 7.08. The first-order chi connectivity index (χ1) is 8.88. The summed E-state index contributed by atoms with van der Waals surface area (Å²) in [5.74, 6) is 0.805. The maximum atomic E-state index is 12.6. The van der Waals surface area contributed by atoms with E-state index in [1.807, 2.05) is 20.1 Å². The average molecular weight is 323 g/mol. The highest BCUT2D eigenvalue weighted by Gasteiger charge is 2.29. The number of sulfonamides is 1. The van der Waals surface area contributed by atoms with Crippen LogP contribution in [0.2, 0.25) is 0 Å². The zero-order valence-corrected chi connectivity index (χ0v) is 14.3. The Hall–Kier alpha value is -0.0800. The first-order valence-electron chi connectivity index (χ1n) is 6.14. The van der Waals surface area contributed by atoms with Gasteiger partial charge in [0.1, 0.15) is 0 Å². The molecule has 1 aromatic rings. The molecule has 0 saturated carbocycles. The molecule has 0 fully saturated rings. The van der Waals surface area contributed by atoms with E-state index in [-0.39, 0.29) is 6.04 Å². The third-order valence-electron chi connectivity index (χ3n) is 3.13. The van der Waals surface area contributed by atoms with Crippen LogP contribution >= 0.6 is 23.1 Å². The van der Waals surface area contributed by atoms with Gasteiger partial charge in [-0.2, -0.15) is 16.1 Å². The van der Waals surface area contributed by atoms with Gasteiger partial charge in [-0.25, -0.2) is 8.42 Å². The van der Waals surface area contributed by atoms with Gasteiger partial charge in [0.15, 0.2) is 0 Å². The SMILES string of the molecule is CCC(CSC)N(C)S(=O)(=O)c1cc(CN)sc1C. The molecule has 4 nitrogen and oxygen atoms in total. The molecule has 0 aliphatic rings. The normalized spacial score (nSPS) is 14.0. The Labute approximate surface area is 124 Å². The van der Waals surface area contributed by atoms with Crippen molar-refractivity contribution < 1.29 is 8.42 Å². The molecule has 0 amide bonds. The van der Waals surface area contributed by atoms with Crippen molar-refractivity contribution >= 4 is 33.1 Å². The molecule has 1 atom stereocenters. The van der Waals surface area contributed by atoms with Crippen molar-refractivity contribution in [2.75, 3.05) is 19.1 Å². The number of aryl methyl sites for hydroxylation is 1. The van der Waals surface area contributed by atoms with Crippen molar-refractivity contribution in [2.24, 2.45) is 5.73 Å². The van der Waals surface area contributed by atoms with Gasteiger partial charge in [-0.1, -0.05) is 6.92 Å². The zero-order chi connectivity index (χ0) is 14.6. The van der Waals surface area contributed by atoms with Gasteiger partial charge in [0.2, 0.25) is 10.0 Å². The molecule has 1 aromatic heterocycles. The molecule has 0 saturated heterocycles. The largest absolute Gasteiger partial charge is 0.326 e. The van der Waals surface area contributed by atoms with Crippen LogP contribution < -0.4 is 5.73 Å². The minimum absolute atomic E-state index is 0.0284. The lowest BCUT2D eigenvalue weighted by molar-refractivity contribution is 0.385. The second kappa shape index (κ2) is 7.08. The van der Waals surface area contributed by atoms with Gasteiger partial charge in [0.05, 0.1) is 4.90 Å². The Kier molecular flexibility index (Phi) is 6.32. The van der Waals surface area contributed by atoms with Crippen LogP contribution in [0.25, 0.3) is 0 Å². The van der Waals surface area contributed by atoms with Gasteiger partial charge in [-0.15, -0.1) is 11.3 Å². The molecule has 0 spiro atoms. The summed E-state index contributed by atoms with van der Waals surface area (Å²) in [6.45, 7) is 4.23. The minimum atomic E-state index is -3.42. The monoisotopic (exact) mass is 322 g/mol. The first-order valence-corrected chi connectivity index (χ1v) is 9.79. The molecular weight excluding hydrogens is 300 g/mol. The number of hydrogen-bond acceptors (Lipinski definition) is 5. The molecule has 1 heterocycles. The van der Waals surface area contributed by atoms with Crippen LogP contribution in [-0.4, -0.2) is 37.8 Å². The predicted octanol–water partition coefficient (Wildman–Crippen LogP) is 2.28. The Bertz CT molecular complexity index is 511. The highest BCUT2D eigenvalue weighted by atomic mass is 32.2. The summed E-state index contributed by atoms with van der Waals surface area (Å²) < 4.78 is 26.8. The van der Waals surface area contributed by atoms with Crippen LogP contribution in [0.15, 0.2) is 11.0 Å². The van der Waals surface area contributed by atoms with Crippen molar-refractivity contribution in [2.45, 2.75) is 37.8 Å². The van der Waals surface area contributed by atoms with E-state index in [0.29, 0.717) is 11.4 Å². The van der Waals surface area contributed by atoms with Gasteiger partial charge in [-0.3, -0.25) is 0 Å². The lowest BCUT2D eigenvalue weighted by Crippen LogP contribution is -2.38. The Balaban J connectivity index is 3.11. The summed E-state index contributed by atoms with van der Waals surface area (Å²) in [6.07, 6.45) is 2.80. The van der Waals surface area contributed by atoms with E-state index in [1.165, 1.54) is 15.6 Å². The summed E-state index contributed by atoms with van der Waals surface area (Å²) in [4.78, 5) is 2.12. The second-order valence-corrected chi connectivity index (χ2v) is 8.59. The molecule has 2 N–H and O–H groups in total. The quantitative estimate of drug-likeness (QED) is 0.836. The van der Waals surface area contributed by atoms with Gasteiger partial charge in [0.25, 0.3) is 0 Å². The van der Waals surface area contributed by atoms with Gasteiger partial charge < -0.3 is 5.73 Å². The maximum absolute atomic E-state index is 12.6. The van der Waals surface area contributed by atoms with Crippen molar-refractivity contribution in [3.05, 3.63) is 15.8 Å². The van der Waals surface area contributed by atoms with E-state index >= 15 is 0 Å². The van der Waals surface area contributed by atoms with Crippen molar-refractivity contribution in [3.8, 4) is 0 Å². The van der Waals surface area contributed by atoms with E-state index < -0.39 is 10.0 Å². The minimum Gasteiger partial charge on any atom is -0.326 e. The van der Waals surface area contributed by atoms with E-state index in [1.54, 1.807) is 24.9 Å². The van der Waals surface area contributed by atoms with E-state index in [9.17, 15) is 8.42 Å². The number of rotatable bonds is 7. The first kappa shape index (κ1) is 17.0. The lowest BCUT2D eigenvalue weighted by Gasteiger charge is -2.25. The summed E-state index contributed by atoms with van der Waals surface area (Å²) in [5.41, 5.74) is 5.58. The van der Waals surface area contributed by atoms with Crippen LogP contribution in [0, 0.1) is 6.92 Å². The molecule has 1 rings (SSSR count). The fraction of sp³-hybridized carbons (Fsp3) is 0.667. The fourth-order valence-corrected chi connectivity index (χ4v) is 5.75. The van der Waals surface area contributed by atoms with E-state index in [0.717, 1.165) is 21.9 Å². The molecule has 0 aromatic carbocycles. The number of hydrogen-bond donors (Lipinski definition) is 1. The zero-order valence-electron chi connectivity index (χ0n) is 11.8. The molecule has 110 valence electrons. The van der Waals surface area contributed by atoms with Gasteiger partial charge in [0, 0.05) is 35.1 Å². The molecule has 0 aliphatic heterocycles. The number of nitrogens with zero attached hydrogens (tertiary/aromatic N) is 1. The smallest absolute Gasteiger partial charge is 0.244 e. The van der Waals surface area contributed by atoms with Gasteiger partial charge >= 0.3 is 0 Å². The van der Waals surface area contributed by atoms with Crippen molar-refractivity contribution in [1.29, 1.82) is 0 Å². The highest BCUT2D eigenvalue weighted by Crippen LogP contribution is 2.29. The fourth-order valence-electron chi connectivity index (χ4n) is 1.90. The molecule has 7 heteroatoms. The van der Waals surface area contributed by atoms with E-state index in [2.05, 4.69) is 0 Å². The molecule has 0 bridgehead atoms. The summed E-state index contributed by atoms with van der Waals surface area (Å²) in [6, 6.07) is 1.73. The molecule has 19 heavy (non-hydrogen) atoms. The van der Waals surface area contributed by atoms with Gasteiger partial charge in [-0.05, 0) is 25.7 Å². The Morgan fingerprint density at radius 2 is 2.16 bits per heavy atom. The summed E-state index contributed by atoms with van der Waals surface area (Å²) in [7, 11) is -1.75. The summed E-state index contributed by atoms with van der Waals surface area (Å²) >= 11 is 3.12. The second-order valence-electron chi connectivity index (χ2n) is 4.38. The lowest BCUT2D eigenvalue weighted by atomic mass is 10.3. The van der Waals surface area contributed by atoms with E-state index in [4.69, 9.17) is 5.73 Å². The molecule has 0 aliphatic carbocycles. The van der Waals surface area contributed by atoms with Crippen LogP contribution in [-0.2, 0) is 16.6 Å². The van der Waals surface area contributed by atoms with Crippen LogP contribution in [0.1, 0.15) is 23.1 Å². The molecule has 1 unspecified atom stereocenters. The third kappa shape index (κ3) is 3.72. The highest BCUT2D eigenvalue weighted by molar-refractivity contribution is 7.98. The maximum Gasteiger partial charge on any atom is 0.244 e.